The monoisotopic (exact) mass is 208 g/mol. The van der Waals surface area contributed by atoms with Gasteiger partial charge in [0.05, 0.1) is 17.1 Å². The van der Waals surface area contributed by atoms with E-state index in [9.17, 15) is 4.79 Å². The Morgan fingerprint density at radius 3 is 3.14 bits per heavy atom. The summed E-state index contributed by atoms with van der Waals surface area (Å²) in [6, 6.07) is 1.67. The van der Waals surface area contributed by atoms with Crippen molar-refractivity contribution in [2.45, 2.75) is 6.92 Å². The van der Waals surface area contributed by atoms with Gasteiger partial charge < -0.3 is 5.32 Å². The summed E-state index contributed by atoms with van der Waals surface area (Å²) >= 11 is 5.84. The summed E-state index contributed by atoms with van der Waals surface area (Å²) in [4.78, 5) is 14.4. The molecule has 1 aromatic rings. The van der Waals surface area contributed by atoms with Crippen LogP contribution in [-0.4, -0.2) is 17.4 Å². The summed E-state index contributed by atoms with van der Waals surface area (Å²) in [7, 11) is 0. The van der Waals surface area contributed by atoms with Crippen LogP contribution >= 0.6 is 11.6 Å². The number of halogens is 1. The average Bonchev–Trinajstić information content (AvgIpc) is 2.15. The summed E-state index contributed by atoms with van der Waals surface area (Å²) in [5.74, 6) is 5.48. The molecule has 0 fully saturated rings. The van der Waals surface area contributed by atoms with Gasteiger partial charge in [0.25, 0.3) is 0 Å². The van der Waals surface area contributed by atoms with Gasteiger partial charge in [0, 0.05) is 19.3 Å². The zero-order chi connectivity index (χ0) is 10.4. The molecule has 1 rings (SSSR count). The van der Waals surface area contributed by atoms with Crippen LogP contribution in [0.3, 0.4) is 0 Å². The smallest absolute Gasteiger partial charge is 0.217 e. The number of carbonyl (C=O) groups excluding carboxylic acids is 1. The summed E-state index contributed by atoms with van der Waals surface area (Å²) in [5, 5.41) is 3.12. The zero-order valence-electron chi connectivity index (χ0n) is 7.67. The predicted octanol–water partition coefficient (Wildman–Crippen LogP) is 1.22. The Hall–Kier alpha value is -1.53. The first-order valence-electron chi connectivity index (χ1n) is 4.03. The van der Waals surface area contributed by atoms with Gasteiger partial charge >= 0.3 is 0 Å². The molecule has 0 saturated carbocycles. The molecule has 3 nitrogen and oxygen atoms in total. The van der Waals surface area contributed by atoms with Crippen LogP contribution < -0.4 is 5.32 Å². The van der Waals surface area contributed by atoms with E-state index >= 15 is 0 Å². The van der Waals surface area contributed by atoms with Gasteiger partial charge in [0.2, 0.25) is 5.91 Å². The fourth-order valence-corrected chi connectivity index (χ4v) is 0.930. The molecule has 0 aliphatic rings. The number of amides is 1. The predicted molar refractivity (Wildman–Crippen MR) is 54.8 cm³/mol. The Kier molecular flexibility index (Phi) is 3.96. The third kappa shape index (κ3) is 3.46. The van der Waals surface area contributed by atoms with Crippen LogP contribution in [0.2, 0.25) is 5.02 Å². The van der Waals surface area contributed by atoms with Crippen molar-refractivity contribution in [1.29, 1.82) is 0 Å². The first-order valence-corrected chi connectivity index (χ1v) is 4.41. The molecule has 1 heterocycles. The second-order valence-corrected chi connectivity index (χ2v) is 2.97. The maximum absolute atomic E-state index is 10.5. The summed E-state index contributed by atoms with van der Waals surface area (Å²) in [6.45, 7) is 1.76. The molecule has 72 valence electrons. The fraction of sp³-hybridized carbons (Fsp3) is 0.200. The topological polar surface area (TPSA) is 42.0 Å². The van der Waals surface area contributed by atoms with E-state index in [1.807, 2.05) is 0 Å². The lowest BCUT2D eigenvalue weighted by Crippen LogP contribution is -2.19. The Balaban J connectivity index is 2.59. The molecule has 0 spiro atoms. The number of aromatic nitrogens is 1. The van der Waals surface area contributed by atoms with Crippen LogP contribution in [0.5, 0.6) is 0 Å². The zero-order valence-corrected chi connectivity index (χ0v) is 8.43. The van der Waals surface area contributed by atoms with E-state index in [2.05, 4.69) is 22.1 Å². The Morgan fingerprint density at radius 2 is 2.50 bits per heavy atom. The molecule has 0 atom stereocenters. The normalized spacial score (nSPS) is 8.71. The highest BCUT2D eigenvalue weighted by atomic mass is 35.5. The van der Waals surface area contributed by atoms with Gasteiger partial charge in [0.15, 0.2) is 0 Å². The average molecular weight is 209 g/mol. The fourth-order valence-electron chi connectivity index (χ4n) is 0.778. The SMILES string of the molecule is CC(=O)NCC#Cc1cnccc1Cl. The maximum atomic E-state index is 10.5. The van der Waals surface area contributed by atoms with Crippen molar-refractivity contribution in [3.63, 3.8) is 0 Å². The van der Waals surface area contributed by atoms with E-state index in [-0.39, 0.29) is 5.91 Å². The molecule has 0 bridgehead atoms. The minimum Gasteiger partial charge on any atom is -0.345 e. The number of pyridine rings is 1. The standard InChI is InChI=1S/C10H9ClN2O/c1-8(14)13-5-2-3-9-7-12-6-4-10(9)11/h4,6-7H,5H2,1H3,(H,13,14). The van der Waals surface area contributed by atoms with Crippen molar-refractivity contribution < 1.29 is 4.79 Å². The number of hydrogen-bond donors (Lipinski definition) is 1. The molecule has 0 aromatic carbocycles. The van der Waals surface area contributed by atoms with Gasteiger partial charge in [0.1, 0.15) is 0 Å². The molecule has 1 amide bonds. The van der Waals surface area contributed by atoms with Gasteiger partial charge in [-0.15, -0.1) is 0 Å². The van der Waals surface area contributed by atoms with Crippen molar-refractivity contribution in [1.82, 2.24) is 10.3 Å². The maximum Gasteiger partial charge on any atom is 0.217 e. The van der Waals surface area contributed by atoms with Gasteiger partial charge in [-0.05, 0) is 6.07 Å². The molecule has 0 unspecified atom stereocenters. The highest BCUT2D eigenvalue weighted by Gasteiger charge is 1.93. The van der Waals surface area contributed by atoms with Crippen LogP contribution in [0.15, 0.2) is 18.5 Å². The number of nitrogens with one attached hydrogen (secondary N) is 1. The van der Waals surface area contributed by atoms with Crippen LogP contribution in [0, 0.1) is 11.8 Å². The van der Waals surface area contributed by atoms with Crippen molar-refractivity contribution in [2.75, 3.05) is 6.54 Å². The van der Waals surface area contributed by atoms with Crippen LogP contribution in [0.4, 0.5) is 0 Å². The van der Waals surface area contributed by atoms with E-state index in [4.69, 9.17) is 11.6 Å². The lowest BCUT2D eigenvalue weighted by molar-refractivity contribution is -0.118. The van der Waals surface area contributed by atoms with E-state index in [0.717, 1.165) is 0 Å². The summed E-state index contributed by atoms with van der Waals surface area (Å²) < 4.78 is 0. The first-order chi connectivity index (χ1) is 6.70. The van der Waals surface area contributed by atoms with Gasteiger partial charge in [-0.3, -0.25) is 9.78 Å². The van der Waals surface area contributed by atoms with E-state index < -0.39 is 0 Å². The molecule has 0 aliphatic carbocycles. The molecule has 1 N–H and O–H groups in total. The van der Waals surface area contributed by atoms with Crippen molar-refractivity contribution >= 4 is 17.5 Å². The highest BCUT2D eigenvalue weighted by molar-refractivity contribution is 6.31. The van der Waals surface area contributed by atoms with Gasteiger partial charge in [-0.1, -0.05) is 23.4 Å². The highest BCUT2D eigenvalue weighted by Crippen LogP contribution is 2.11. The lowest BCUT2D eigenvalue weighted by atomic mass is 10.3. The van der Waals surface area contributed by atoms with E-state index in [1.54, 1.807) is 18.5 Å². The third-order valence-electron chi connectivity index (χ3n) is 1.42. The molecule has 0 aliphatic heterocycles. The Labute approximate surface area is 87.5 Å². The largest absolute Gasteiger partial charge is 0.345 e. The molecular weight excluding hydrogens is 200 g/mol. The Morgan fingerprint density at radius 1 is 1.71 bits per heavy atom. The van der Waals surface area contributed by atoms with E-state index in [1.165, 1.54) is 6.92 Å². The number of carbonyl (C=O) groups is 1. The van der Waals surface area contributed by atoms with Gasteiger partial charge in [-0.2, -0.15) is 0 Å². The third-order valence-corrected chi connectivity index (χ3v) is 1.75. The molecule has 4 heteroatoms. The molecule has 0 radical (unpaired) electrons. The molecule has 14 heavy (non-hydrogen) atoms. The van der Waals surface area contributed by atoms with Crippen molar-refractivity contribution in [2.24, 2.45) is 0 Å². The summed E-state index contributed by atoms with van der Waals surface area (Å²) in [5.41, 5.74) is 0.666. The summed E-state index contributed by atoms with van der Waals surface area (Å²) in [6.07, 6.45) is 3.18. The second kappa shape index (κ2) is 5.25. The number of hydrogen-bond acceptors (Lipinski definition) is 2. The minimum absolute atomic E-state index is 0.100. The van der Waals surface area contributed by atoms with E-state index in [0.29, 0.717) is 17.1 Å². The second-order valence-electron chi connectivity index (χ2n) is 2.57. The first kappa shape index (κ1) is 10.6. The van der Waals surface area contributed by atoms with Gasteiger partial charge in [-0.25, -0.2) is 0 Å². The molecular formula is C10H9ClN2O. The molecule has 0 saturated heterocycles. The number of rotatable bonds is 1. The van der Waals surface area contributed by atoms with Crippen LogP contribution in [0.1, 0.15) is 12.5 Å². The molecule has 1 aromatic heterocycles. The Bertz CT molecular complexity index is 393. The number of nitrogens with zero attached hydrogens (tertiary/aromatic N) is 1. The van der Waals surface area contributed by atoms with Crippen molar-refractivity contribution in [3.8, 4) is 11.8 Å². The van der Waals surface area contributed by atoms with Crippen LogP contribution in [-0.2, 0) is 4.79 Å². The minimum atomic E-state index is -0.100. The quantitative estimate of drug-likeness (QED) is 0.706. The lowest BCUT2D eigenvalue weighted by Gasteiger charge is -1.93. The van der Waals surface area contributed by atoms with Crippen LogP contribution in [0.25, 0.3) is 0 Å². The van der Waals surface area contributed by atoms with Crippen molar-refractivity contribution in [3.05, 3.63) is 29.0 Å².